The summed E-state index contributed by atoms with van der Waals surface area (Å²) in [6, 6.07) is 12.4. The standard InChI is InChI=1S/C17H18FN3O2S/c1-11(17(23)21-13-8-6-12(18)7-9-13)20-14-4-2-3-5-15(14)24-10-16(19)22/h2-9,11,20H,10H2,1H3,(H2,19,22)(H,21,23)/t11-/m1/s1. The topological polar surface area (TPSA) is 84.2 Å². The minimum Gasteiger partial charge on any atom is -0.373 e. The Balaban J connectivity index is 2.00. The van der Waals surface area contributed by atoms with Gasteiger partial charge in [0.1, 0.15) is 11.9 Å². The maximum atomic E-state index is 12.9. The fourth-order valence-corrected chi connectivity index (χ4v) is 2.70. The number of para-hydroxylation sites is 1. The fourth-order valence-electron chi connectivity index (χ4n) is 1.94. The average molecular weight is 347 g/mol. The van der Waals surface area contributed by atoms with E-state index in [0.717, 1.165) is 10.6 Å². The van der Waals surface area contributed by atoms with Crippen molar-refractivity contribution in [3.05, 3.63) is 54.3 Å². The van der Waals surface area contributed by atoms with Crippen LogP contribution in [0.3, 0.4) is 0 Å². The molecule has 0 saturated carbocycles. The second-order valence-electron chi connectivity index (χ2n) is 5.11. The highest BCUT2D eigenvalue weighted by Crippen LogP contribution is 2.27. The number of hydrogen-bond donors (Lipinski definition) is 3. The third-order valence-electron chi connectivity index (χ3n) is 3.13. The van der Waals surface area contributed by atoms with Crippen molar-refractivity contribution < 1.29 is 14.0 Å². The smallest absolute Gasteiger partial charge is 0.246 e. The maximum Gasteiger partial charge on any atom is 0.246 e. The first-order valence-electron chi connectivity index (χ1n) is 7.29. The number of thioether (sulfide) groups is 1. The molecular formula is C17H18FN3O2S. The van der Waals surface area contributed by atoms with Gasteiger partial charge in [-0.1, -0.05) is 12.1 Å². The van der Waals surface area contributed by atoms with Gasteiger partial charge in [-0.3, -0.25) is 9.59 Å². The molecule has 0 spiro atoms. The van der Waals surface area contributed by atoms with Gasteiger partial charge in [0.15, 0.2) is 0 Å². The maximum absolute atomic E-state index is 12.9. The second kappa shape index (κ2) is 8.35. The first-order valence-corrected chi connectivity index (χ1v) is 8.27. The van der Waals surface area contributed by atoms with E-state index in [2.05, 4.69) is 10.6 Å². The lowest BCUT2D eigenvalue weighted by Gasteiger charge is -2.17. The van der Waals surface area contributed by atoms with Gasteiger partial charge in [0.2, 0.25) is 11.8 Å². The molecule has 0 saturated heterocycles. The molecule has 0 radical (unpaired) electrons. The summed E-state index contributed by atoms with van der Waals surface area (Å²) in [4.78, 5) is 24.0. The summed E-state index contributed by atoms with van der Waals surface area (Å²) in [7, 11) is 0. The molecule has 2 rings (SSSR count). The van der Waals surface area contributed by atoms with Gasteiger partial charge in [-0.2, -0.15) is 0 Å². The van der Waals surface area contributed by atoms with Crippen molar-refractivity contribution in [2.45, 2.75) is 17.9 Å². The molecule has 2 aromatic carbocycles. The van der Waals surface area contributed by atoms with Crippen molar-refractivity contribution in [2.24, 2.45) is 5.73 Å². The third kappa shape index (κ3) is 5.27. The molecule has 0 unspecified atom stereocenters. The summed E-state index contributed by atoms with van der Waals surface area (Å²) >= 11 is 1.30. The second-order valence-corrected chi connectivity index (χ2v) is 6.13. The molecule has 0 bridgehead atoms. The molecular weight excluding hydrogens is 329 g/mol. The van der Waals surface area contributed by atoms with E-state index < -0.39 is 11.9 Å². The Morgan fingerprint density at radius 3 is 2.50 bits per heavy atom. The predicted octanol–water partition coefficient (Wildman–Crippen LogP) is 2.84. The predicted molar refractivity (Wildman–Crippen MR) is 94.5 cm³/mol. The van der Waals surface area contributed by atoms with E-state index in [1.807, 2.05) is 24.3 Å². The van der Waals surface area contributed by atoms with Crippen LogP contribution in [0.4, 0.5) is 15.8 Å². The van der Waals surface area contributed by atoms with Crippen LogP contribution in [0, 0.1) is 5.82 Å². The summed E-state index contributed by atoms with van der Waals surface area (Å²) < 4.78 is 12.9. The first-order chi connectivity index (χ1) is 11.5. The summed E-state index contributed by atoms with van der Waals surface area (Å²) in [5, 5.41) is 5.82. The largest absolute Gasteiger partial charge is 0.373 e. The monoisotopic (exact) mass is 347 g/mol. The molecule has 4 N–H and O–H groups in total. The number of halogens is 1. The van der Waals surface area contributed by atoms with Crippen LogP contribution in [0.15, 0.2) is 53.4 Å². The molecule has 0 aromatic heterocycles. The number of rotatable bonds is 7. The first kappa shape index (κ1) is 17.8. The summed E-state index contributed by atoms with van der Waals surface area (Å²) in [6.45, 7) is 1.72. The van der Waals surface area contributed by atoms with Gasteiger partial charge >= 0.3 is 0 Å². The molecule has 0 aliphatic carbocycles. The van der Waals surface area contributed by atoms with E-state index in [9.17, 15) is 14.0 Å². The molecule has 24 heavy (non-hydrogen) atoms. The Morgan fingerprint density at radius 2 is 1.83 bits per heavy atom. The summed E-state index contributed by atoms with van der Waals surface area (Å²) in [5.74, 6) is -0.859. The van der Waals surface area contributed by atoms with Crippen LogP contribution in [-0.2, 0) is 9.59 Å². The SMILES string of the molecule is C[C@@H](Nc1ccccc1SCC(N)=O)C(=O)Nc1ccc(F)cc1. The van der Waals surface area contributed by atoms with Gasteiger partial charge in [-0.25, -0.2) is 4.39 Å². The molecule has 7 heteroatoms. The van der Waals surface area contributed by atoms with Crippen molar-refractivity contribution >= 4 is 35.0 Å². The van der Waals surface area contributed by atoms with Crippen LogP contribution in [0.25, 0.3) is 0 Å². The summed E-state index contributed by atoms with van der Waals surface area (Å²) in [6.07, 6.45) is 0. The third-order valence-corrected chi connectivity index (χ3v) is 4.23. The summed E-state index contributed by atoms with van der Waals surface area (Å²) in [5.41, 5.74) is 6.43. The Kier molecular flexibility index (Phi) is 6.20. The molecule has 1 atom stereocenters. The van der Waals surface area contributed by atoms with E-state index in [-0.39, 0.29) is 17.5 Å². The zero-order valence-electron chi connectivity index (χ0n) is 13.1. The van der Waals surface area contributed by atoms with Crippen molar-refractivity contribution in [1.29, 1.82) is 0 Å². The van der Waals surface area contributed by atoms with Crippen LogP contribution >= 0.6 is 11.8 Å². The zero-order valence-corrected chi connectivity index (χ0v) is 13.9. The number of carbonyl (C=O) groups is 2. The van der Waals surface area contributed by atoms with Crippen LogP contribution in [-0.4, -0.2) is 23.6 Å². The van der Waals surface area contributed by atoms with Gasteiger partial charge in [0.05, 0.1) is 5.75 Å². The number of nitrogens with two attached hydrogens (primary N) is 1. The number of anilines is 2. The molecule has 0 fully saturated rings. The number of primary amides is 1. The van der Waals surface area contributed by atoms with Crippen molar-refractivity contribution in [2.75, 3.05) is 16.4 Å². The Morgan fingerprint density at radius 1 is 1.17 bits per heavy atom. The van der Waals surface area contributed by atoms with Gasteiger partial charge < -0.3 is 16.4 Å². The number of hydrogen-bond acceptors (Lipinski definition) is 4. The van der Waals surface area contributed by atoms with Crippen LogP contribution in [0.1, 0.15) is 6.92 Å². The molecule has 0 heterocycles. The molecule has 0 aliphatic rings. The number of amides is 2. The Labute approximate surface area is 143 Å². The van der Waals surface area contributed by atoms with Crippen molar-refractivity contribution in [1.82, 2.24) is 0 Å². The Bertz CT molecular complexity index is 722. The van der Waals surface area contributed by atoms with Gasteiger partial charge in [-0.05, 0) is 43.3 Å². The number of benzene rings is 2. The molecule has 5 nitrogen and oxygen atoms in total. The Hall–Kier alpha value is -2.54. The van der Waals surface area contributed by atoms with Gasteiger partial charge in [0, 0.05) is 16.3 Å². The highest BCUT2D eigenvalue weighted by atomic mass is 32.2. The average Bonchev–Trinajstić information content (AvgIpc) is 2.56. The van der Waals surface area contributed by atoms with Gasteiger partial charge in [-0.15, -0.1) is 11.8 Å². The fraction of sp³-hybridized carbons (Fsp3) is 0.176. The van der Waals surface area contributed by atoms with Gasteiger partial charge in [0.25, 0.3) is 0 Å². The van der Waals surface area contributed by atoms with E-state index >= 15 is 0 Å². The van der Waals surface area contributed by atoms with Crippen molar-refractivity contribution in [3.8, 4) is 0 Å². The normalized spacial score (nSPS) is 11.6. The lowest BCUT2D eigenvalue weighted by Crippen LogP contribution is -2.32. The lowest BCUT2D eigenvalue weighted by atomic mass is 10.2. The van der Waals surface area contributed by atoms with E-state index in [1.165, 1.54) is 36.0 Å². The van der Waals surface area contributed by atoms with E-state index in [1.54, 1.807) is 6.92 Å². The molecule has 2 aromatic rings. The number of carbonyl (C=O) groups excluding carboxylic acids is 2. The molecule has 126 valence electrons. The minimum atomic E-state index is -0.523. The van der Waals surface area contributed by atoms with Crippen molar-refractivity contribution in [3.63, 3.8) is 0 Å². The van der Waals surface area contributed by atoms with Crippen LogP contribution in [0.5, 0.6) is 0 Å². The minimum absolute atomic E-state index is 0.162. The highest BCUT2D eigenvalue weighted by molar-refractivity contribution is 8.00. The zero-order chi connectivity index (χ0) is 17.5. The highest BCUT2D eigenvalue weighted by Gasteiger charge is 2.15. The molecule has 2 amide bonds. The quantitative estimate of drug-likeness (QED) is 0.673. The molecule has 0 aliphatic heterocycles. The number of nitrogens with one attached hydrogen (secondary N) is 2. The van der Waals surface area contributed by atoms with E-state index in [4.69, 9.17) is 5.73 Å². The van der Waals surface area contributed by atoms with Crippen LogP contribution < -0.4 is 16.4 Å². The van der Waals surface area contributed by atoms with E-state index in [0.29, 0.717) is 5.69 Å². The lowest BCUT2D eigenvalue weighted by molar-refractivity contribution is -0.117. The van der Waals surface area contributed by atoms with Crippen LogP contribution in [0.2, 0.25) is 0 Å².